The van der Waals surface area contributed by atoms with Gasteiger partial charge in [0, 0.05) is 44.1 Å². The molecule has 0 radical (unpaired) electrons. The van der Waals surface area contributed by atoms with Crippen LogP contribution in [0.3, 0.4) is 0 Å². The van der Waals surface area contributed by atoms with Gasteiger partial charge in [0.2, 0.25) is 12.3 Å². The van der Waals surface area contributed by atoms with Crippen molar-refractivity contribution in [2.45, 2.75) is 12.3 Å². The summed E-state index contributed by atoms with van der Waals surface area (Å²) in [5.41, 5.74) is 1.13. The second-order valence-electron chi connectivity index (χ2n) is 5.27. The van der Waals surface area contributed by atoms with E-state index in [9.17, 15) is 9.59 Å². The Balaban J connectivity index is 1.59. The zero-order valence-corrected chi connectivity index (χ0v) is 11.3. The topological polar surface area (TPSA) is 49.9 Å². The highest BCUT2D eigenvalue weighted by molar-refractivity contribution is 5.77. The highest BCUT2D eigenvalue weighted by atomic mass is 16.5. The van der Waals surface area contributed by atoms with Gasteiger partial charge in [-0.2, -0.15) is 0 Å². The van der Waals surface area contributed by atoms with Crippen LogP contribution in [-0.4, -0.2) is 54.9 Å². The molecule has 1 aromatic rings. The number of nitrogens with zero attached hydrogens (tertiary/aromatic N) is 2. The number of para-hydroxylation sites is 1. The van der Waals surface area contributed by atoms with Crippen LogP contribution >= 0.6 is 0 Å². The van der Waals surface area contributed by atoms with Gasteiger partial charge in [-0.05, 0) is 6.07 Å². The maximum absolute atomic E-state index is 12.3. The van der Waals surface area contributed by atoms with Gasteiger partial charge in [0.1, 0.15) is 5.75 Å². The first-order chi connectivity index (χ1) is 9.78. The Morgan fingerprint density at radius 2 is 2.00 bits per heavy atom. The van der Waals surface area contributed by atoms with Crippen LogP contribution in [0.5, 0.6) is 5.75 Å². The second kappa shape index (κ2) is 5.53. The van der Waals surface area contributed by atoms with Crippen molar-refractivity contribution in [3.8, 4) is 5.75 Å². The lowest BCUT2D eigenvalue weighted by Gasteiger charge is -2.33. The molecular weight excluding hydrogens is 256 g/mol. The van der Waals surface area contributed by atoms with E-state index < -0.39 is 0 Å². The first-order valence-corrected chi connectivity index (χ1v) is 6.97. The Labute approximate surface area is 118 Å². The molecule has 1 atom stereocenters. The molecule has 2 aliphatic rings. The summed E-state index contributed by atoms with van der Waals surface area (Å²) in [6, 6.07) is 7.91. The fourth-order valence-electron chi connectivity index (χ4n) is 2.81. The van der Waals surface area contributed by atoms with Crippen molar-refractivity contribution in [2.75, 3.05) is 32.8 Å². The van der Waals surface area contributed by atoms with E-state index in [2.05, 4.69) is 0 Å². The van der Waals surface area contributed by atoms with Gasteiger partial charge in [-0.3, -0.25) is 9.59 Å². The number of ether oxygens (including phenoxy) is 1. The van der Waals surface area contributed by atoms with Crippen LogP contribution in [0.2, 0.25) is 0 Å². The van der Waals surface area contributed by atoms with E-state index >= 15 is 0 Å². The average molecular weight is 274 g/mol. The molecule has 0 spiro atoms. The predicted octanol–water partition coefficient (Wildman–Crippen LogP) is 0.853. The smallest absolute Gasteiger partial charge is 0.223 e. The lowest BCUT2D eigenvalue weighted by atomic mass is 9.97. The van der Waals surface area contributed by atoms with Crippen molar-refractivity contribution in [2.24, 2.45) is 0 Å². The molecule has 5 heteroatoms. The van der Waals surface area contributed by atoms with Crippen LogP contribution in [0.1, 0.15) is 17.9 Å². The molecule has 1 aromatic carbocycles. The van der Waals surface area contributed by atoms with Crippen LogP contribution in [0.15, 0.2) is 24.3 Å². The van der Waals surface area contributed by atoms with Gasteiger partial charge >= 0.3 is 0 Å². The number of carbonyl (C=O) groups excluding carboxylic acids is 2. The molecule has 5 nitrogen and oxygen atoms in total. The van der Waals surface area contributed by atoms with Crippen molar-refractivity contribution >= 4 is 12.3 Å². The summed E-state index contributed by atoms with van der Waals surface area (Å²) < 4.78 is 5.61. The molecule has 2 heterocycles. The Kier molecular flexibility index (Phi) is 3.58. The van der Waals surface area contributed by atoms with Crippen molar-refractivity contribution in [3.63, 3.8) is 0 Å². The minimum Gasteiger partial charge on any atom is -0.493 e. The van der Waals surface area contributed by atoms with E-state index in [-0.39, 0.29) is 11.8 Å². The zero-order chi connectivity index (χ0) is 13.9. The number of carbonyl (C=O) groups is 2. The van der Waals surface area contributed by atoms with Gasteiger partial charge in [0.05, 0.1) is 6.61 Å². The largest absolute Gasteiger partial charge is 0.493 e. The van der Waals surface area contributed by atoms with Gasteiger partial charge in [0.25, 0.3) is 0 Å². The molecule has 0 aliphatic carbocycles. The molecule has 1 unspecified atom stereocenters. The van der Waals surface area contributed by atoms with Gasteiger partial charge in [-0.25, -0.2) is 0 Å². The molecule has 2 amide bonds. The third-order valence-electron chi connectivity index (χ3n) is 4.04. The Morgan fingerprint density at radius 1 is 1.25 bits per heavy atom. The minimum absolute atomic E-state index is 0.154. The first kappa shape index (κ1) is 13.0. The van der Waals surface area contributed by atoms with Crippen LogP contribution in [0.25, 0.3) is 0 Å². The zero-order valence-electron chi connectivity index (χ0n) is 11.3. The molecule has 106 valence electrons. The maximum atomic E-state index is 12.3. The van der Waals surface area contributed by atoms with Crippen molar-refractivity contribution in [3.05, 3.63) is 29.8 Å². The Morgan fingerprint density at radius 3 is 2.75 bits per heavy atom. The third kappa shape index (κ3) is 2.48. The molecule has 0 N–H and O–H groups in total. The summed E-state index contributed by atoms with van der Waals surface area (Å²) in [6.07, 6.45) is 1.33. The molecule has 1 saturated heterocycles. The minimum atomic E-state index is 0.154. The Bertz CT molecular complexity index is 510. The molecule has 0 aromatic heterocycles. The van der Waals surface area contributed by atoms with Gasteiger partial charge < -0.3 is 14.5 Å². The lowest BCUT2D eigenvalue weighted by molar-refractivity contribution is -0.135. The quantitative estimate of drug-likeness (QED) is 0.768. The summed E-state index contributed by atoms with van der Waals surface area (Å²) in [5, 5.41) is 0. The van der Waals surface area contributed by atoms with E-state index in [1.54, 1.807) is 4.90 Å². The fourth-order valence-corrected chi connectivity index (χ4v) is 2.81. The first-order valence-electron chi connectivity index (χ1n) is 6.97. The molecule has 3 rings (SSSR count). The highest BCUT2D eigenvalue weighted by Crippen LogP contribution is 2.35. The maximum Gasteiger partial charge on any atom is 0.223 e. The molecule has 0 saturated carbocycles. The monoisotopic (exact) mass is 274 g/mol. The molecule has 2 aliphatic heterocycles. The number of amides is 2. The van der Waals surface area contributed by atoms with E-state index in [0.717, 1.165) is 17.7 Å². The van der Waals surface area contributed by atoms with Gasteiger partial charge in [-0.1, -0.05) is 18.2 Å². The standard InChI is InChI=1S/C15H18N2O3/c18-11-16-5-7-17(8-6-16)15(19)9-12-10-20-14-4-2-1-3-13(12)14/h1-4,11-12H,5-10H2. The summed E-state index contributed by atoms with van der Waals surface area (Å²) in [5.74, 6) is 1.21. The molecule has 0 bridgehead atoms. The number of hydrogen-bond donors (Lipinski definition) is 0. The number of fused-ring (bicyclic) bond motifs is 1. The van der Waals surface area contributed by atoms with Crippen LogP contribution in [0.4, 0.5) is 0 Å². The SMILES string of the molecule is O=CN1CCN(C(=O)CC2COc3ccccc32)CC1. The van der Waals surface area contributed by atoms with Crippen LogP contribution in [0, 0.1) is 0 Å². The van der Waals surface area contributed by atoms with Crippen LogP contribution < -0.4 is 4.74 Å². The molecular formula is C15H18N2O3. The number of piperazine rings is 1. The number of benzene rings is 1. The summed E-state index contributed by atoms with van der Waals surface area (Å²) in [6.45, 7) is 3.11. The normalized spacial score (nSPS) is 21.3. The van der Waals surface area contributed by atoms with Gasteiger partial charge in [-0.15, -0.1) is 0 Å². The highest BCUT2D eigenvalue weighted by Gasteiger charge is 2.28. The van der Waals surface area contributed by atoms with Crippen molar-refractivity contribution < 1.29 is 14.3 Å². The Hall–Kier alpha value is -2.04. The van der Waals surface area contributed by atoms with Crippen molar-refractivity contribution in [1.82, 2.24) is 9.80 Å². The van der Waals surface area contributed by atoms with E-state index in [1.165, 1.54) is 0 Å². The average Bonchev–Trinajstić information content (AvgIpc) is 2.91. The third-order valence-corrected chi connectivity index (χ3v) is 4.04. The second-order valence-corrected chi connectivity index (χ2v) is 5.27. The molecule has 1 fully saturated rings. The fraction of sp³-hybridized carbons (Fsp3) is 0.467. The van der Waals surface area contributed by atoms with E-state index in [4.69, 9.17) is 4.74 Å². The summed E-state index contributed by atoms with van der Waals surface area (Å²) in [4.78, 5) is 26.5. The lowest BCUT2D eigenvalue weighted by Crippen LogP contribution is -2.48. The summed E-state index contributed by atoms with van der Waals surface area (Å²) >= 11 is 0. The molecule has 20 heavy (non-hydrogen) atoms. The van der Waals surface area contributed by atoms with Crippen LogP contribution in [-0.2, 0) is 9.59 Å². The predicted molar refractivity (Wildman–Crippen MR) is 73.5 cm³/mol. The van der Waals surface area contributed by atoms with E-state index in [0.29, 0.717) is 39.2 Å². The summed E-state index contributed by atoms with van der Waals surface area (Å²) in [7, 11) is 0. The van der Waals surface area contributed by atoms with Crippen molar-refractivity contribution in [1.29, 1.82) is 0 Å². The number of rotatable bonds is 3. The van der Waals surface area contributed by atoms with E-state index in [1.807, 2.05) is 29.2 Å². The number of hydrogen-bond acceptors (Lipinski definition) is 3. The van der Waals surface area contributed by atoms with Gasteiger partial charge in [0.15, 0.2) is 0 Å².